The summed E-state index contributed by atoms with van der Waals surface area (Å²) in [4.78, 5) is 10.7. The van der Waals surface area contributed by atoms with Crippen LogP contribution in [-0.4, -0.2) is 36.4 Å². The van der Waals surface area contributed by atoms with E-state index in [2.05, 4.69) is 0 Å². The van der Waals surface area contributed by atoms with Crippen LogP contribution in [0.3, 0.4) is 0 Å². The van der Waals surface area contributed by atoms with E-state index < -0.39 is 33.7 Å². The molecule has 0 amide bonds. The van der Waals surface area contributed by atoms with Crippen molar-refractivity contribution in [3.05, 3.63) is 17.9 Å². The van der Waals surface area contributed by atoms with Gasteiger partial charge in [-0.1, -0.05) is 0 Å². The van der Waals surface area contributed by atoms with Gasteiger partial charge >= 0.3 is 5.97 Å². The third-order valence-electron chi connectivity index (χ3n) is 2.12. The first kappa shape index (κ1) is 14.2. The molecule has 0 fully saturated rings. The summed E-state index contributed by atoms with van der Waals surface area (Å²) in [5.41, 5.74) is 0. The molecule has 0 aliphatic carbocycles. The molecule has 7 nitrogen and oxygen atoms in total. The van der Waals surface area contributed by atoms with E-state index in [1.165, 1.54) is 6.07 Å². The molecule has 1 aromatic heterocycles. The molecule has 0 radical (unpaired) electrons. The van der Waals surface area contributed by atoms with Crippen molar-refractivity contribution in [2.75, 3.05) is 6.54 Å². The second-order valence-corrected chi connectivity index (χ2v) is 5.59. The van der Waals surface area contributed by atoms with Crippen LogP contribution in [0.4, 0.5) is 0 Å². The number of sulfonamides is 1. The van der Waals surface area contributed by atoms with Crippen molar-refractivity contribution in [3.8, 4) is 6.07 Å². The molecule has 8 heteroatoms. The van der Waals surface area contributed by atoms with Crippen molar-refractivity contribution in [1.29, 1.82) is 5.26 Å². The SMILES string of the molecule is CC(C)N(CC(=O)O)S(=O)(=O)c1ccc(C#N)o1. The highest BCUT2D eigenvalue weighted by atomic mass is 32.2. The number of aliphatic carboxylic acids is 1. The van der Waals surface area contributed by atoms with E-state index in [1.54, 1.807) is 19.9 Å². The van der Waals surface area contributed by atoms with E-state index in [0.29, 0.717) is 0 Å². The number of hydrogen-bond acceptors (Lipinski definition) is 5. The molecule has 0 saturated carbocycles. The maximum atomic E-state index is 12.1. The second kappa shape index (κ2) is 5.20. The molecule has 0 aromatic carbocycles. The number of carbonyl (C=O) groups is 1. The lowest BCUT2D eigenvalue weighted by Gasteiger charge is -2.22. The number of carboxylic acid groups (broad SMARTS) is 1. The monoisotopic (exact) mass is 272 g/mol. The molecule has 0 spiro atoms. The van der Waals surface area contributed by atoms with E-state index >= 15 is 0 Å². The Labute approximate surface area is 104 Å². The summed E-state index contributed by atoms with van der Waals surface area (Å²) < 4.78 is 29.8. The lowest BCUT2D eigenvalue weighted by atomic mass is 10.4. The minimum absolute atomic E-state index is 0.146. The first-order chi connectivity index (χ1) is 8.28. The van der Waals surface area contributed by atoms with Crippen LogP contribution in [0.5, 0.6) is 0 Å². The zero-order valence-corrected chi connectivity index (χ0v) is 10.6. The molecule has 1 N–H and O–H groups in total. The largest absolute Gasteiger partial charge is 0.480 e. The lowest BCUT2D eigenvalue weighted by Crippen LogP contribution is -2.40. The summed E-state index contributed by atoms with van der Waals surface area (Å²) in [6.45, 7) is 2.44. The highest BCUT2D eigenvalue weighted by molar-refractivity contribution is 7.89. The van der Waals surface area contributed by atoms with Crippen LogP contribution in [-0.2, 0) is 14.8 Å². The molecular formula is C10H12N2O5S. The molecule has 1 aromatic rings. The Bertz CT molecular complexity index is 582. The van der Waals surface area contributed by atoms with E-state index in [4.69, 9.17) is 14.8 Å². The minimum atomic E-state index is -4.05. The summed E-state index contributed by atoms with van der Waals surface area (Å²) >= 11 is 0. The van der Waals surface area contributed by atoms with Crippen LogP contribution in [0.15, 0.2) is 21.6 Å². The third-order valence-corrected chi connectivity index (χ3v) is 4.02. The van der Waals surface area contributed by atoms with Crippen molar-refractivity contribution in [1.82, 2.24) is 4.31 Å². The molecule has 0 saturated heterocycles. The molecule has 18 heavy (non-hydrogen) atoms. The molecule has 0 atom stereocenters. The van der Waals surface area contributed by atoms with Gasteiger partial charge in [0.05, 0.1) is 0 Å². The fourth-order valence-corrected chi connectivity index (χ4v) is 2.81. The number of nitrogens with zero attached hydrogens (tertiary/aromatic N) is 2. The van der Waals surface area contributed by atoms with E-state index in [0.717, 1.165) is 10.4 Å². The van der Waals surface area contributed by atoms with Gasteiger partial charge in [0.25, 0.3) is 10.0 Å². The van der Waals surface area contributed by atoms with Crippen LogP contribution in [0, 0.1) is 11.3 Å². The highest BCUT2D eigenvalue weighted by Gasteiger charge is 2.31. The number of carboxylic acids is 1. The Morgan fingerprint density at radius 3 is 2.56 bits per heavy atom. The molecule has 1 heterocycles. The molecule has 98 valence electrons. The standard InChI is InChI=1S/C10H12N2O5S/c1-7(2)12(6-9(13)14)18(15,16)10-4-3-8(5-11)17-10/h3-4,7H,6H2,1-2H3,(H,13,14). The van der Waals surface area contributed by atoms with Crippen molar-refractivity contribution in [2.45, 2.75) is 25.0 Å². The van der Waals surface area contributed by atoms with Gasteiger partial charge in [-0.15, -0.1) is 0 Å². The number of hydrogen-bond donors (Lipinski definition) is 1. The molecule has 0 unspecified atom stereocenters. The Hall–Kier alpha value is -1.85. The van der Waals surface area contributed by atoms with Gasteiger partial charge in [-0.05, 0) is 26.0 Å². The predicted molar refractivity (Wildman–Crippen MR) is 60.1 cm³/mol. The van der Waals surface area contributed by atoms with Gasteiger partial charge in [0.2, 0.25) is 10.9 Å². The zero-order valence-electron chi connectivity index (χ0n) is 9.82. The quantitative estimate of drug-likeness (QED) is 0.841. The van der Waals surface area contributed by atoms with Gasteiger partial charge in [0.15, 0.2) is 0 Å². The highest BCUT2D eigenvalue weighted by Crippen LogP contribution is 2.20. The number of nitriles is 1. The van der Waals surface area contributed by atoms with E-state index in [1.807, 2.05) is 0 Å². The van der Waals surface area contributed by atoms with Crippen LogP contribution in [0.25, 0.3) is 0 Å². The Balaban J connectivity index is 3.17. The number of furan rings is 1. The first-order valence-electron chi connectivity index (χ1n) is 5.02. The number of rotatable bonds is 5. The van der Waals surface area contributed by atoms with Crippen LogP contribution >= 0.6 is 0 Å². The van der Waals surface area contributed by atoms with Crippen molar-refractivity contribution >= 4 is 16.0 Å². The van der Waals surface area contributed by atoms with E-state index in [9.17, 15) is 13.2 Å². The Morgan fingerprint density at radius 2 is 2.17 bits per heavy atom. The summed E-state index contributed by atoms with van der Waals surface area (Å²) in [5, 5.41) is 16.8. The van der Waals surface area contributed by atoms with Gasteiger partial charge in [-0.25, -0.2) is 8.42 Å². The maximum absolute atomic E-state index is 12.1. The lowest BCUT2D eigenvalue weighted by molar-refractivity contribution is -0.137. The smallest absolute Gasteiger partial charge is 0.318 e. The minimum Gasteiger partial charge on any atom is -0.480 e. The first-order valence-corrected chi connectivity index (χ1v) is 6.46. The van der Waals surface area contributed by atoms with Crippen molar-refractivity contribution in [2.24, 2.45) is 0 Å². The average molecular weight is 272 g/mol. The third kappa shape index (κ3) is 2.88. The normalized spacial score (nSPS) is 11.7. The average Bonchev–Trinajstić information content (AvgIpc) is 2.74. The Morgan fingerprint density at radius 1 is 1.56 bits per heavy atom. The molecule has 0 bridgehead atoms. The van der Waals surface area contributed by atoms with Gasteiger partial charge in [-0.2, -0.15) is 9.57 Å². The van der Waals surface area contributed by atoms with Gasteiger partial charge in [0, 0.05) is 6.04 Å². The summed E-state index contributed by atoms with van der Waals surface area (Å²) in [7, 11) is -4.05. The van der Waals surface area contributed by atoms with Crippen LogP contribution in [0.2, 0.25) is 0 Å². The topological polar surface area (TPSA) is 112 Å². The maximum Gasteiger partial charge on any atom is 0.318 e. The molecule has 0 aliphatic heterocycles. The van der Waals surface area contributed by atoms with Crippen molar-refractivity contribution in [3.63, 3.8) is 0 Å². The van der Waals surface area contributed by atoms with E-state index in [-0.39, 0.29) is 5.76 Å². The molecule has 1 rings (SSSR count). The molecule has 0 aliphatic rings. The Kier molecular flexibility index (Phi) is 4.11. The summed E-state index contributed by atoms with van der Waals surface area (Å²) in [6.07, 6.45) is 0. The fourth-order valence-electron chi connectivity index (χ4n) is 1.31. The van der Waals surface area contributed by atoms with Crippen molar-refractivity contribution < 1.29 is 22.7 Å². The van der Waals surface area contributed by atoms with Gasteiger partial charge < -0.3 is 9.52 Å². The van der Waals surface area contributed by atoms with Crippen LogP contribution in [0.1, 0.15) is 19.6 Å². The summed E-state index contributed by atoms with van der Waals surface area (Å²) in [5.74, 6) is -1.41. The zero-order chi connectivity index (χ0) is 13.9. The molecular weight excluding hydrogens is 260 g/mol. The van der Waals surface area contributed by atoms with Gasteiger partial charge in [-0.3, -0.25) is 4.79 Å². The fraction of sp³-hybridized carbons (Fsp3) is 0.400. The second-order valence-electron chi connectivity index (χ2n) is 3.77. The summed E-state index contributed by atoms with van der Waals surface area (Å²) in [6, 6.07) is 3.47. The predicted octanol–water partition coefficient (Wildman–Crippen LogP) is 0.635. The van der Waals surface area contributed by atoms with Crippen LogP contribution < -0.4 is 0 Å². The van der Waals surface area contributed by atoms with Gasteiger partial charge in [0.1, 0.15) is 12.6 Å².